The Morgan fingerprint density at radius 1 is 0.481 bits per heavy atom. The number of hydrogen-bond acceptors (Lipinski definition) is 9. The van der Waals surface area contributed by atoms with Crippen LogP contribution in [-0.4, -0.2) is 112 Å². The Labute approximate surface area is 674 Å². The monoisotopic (exact) mass is 2050 g/mol. The number of nitrogens with one attached hydrogen (secondary N) is 3. The average Bonchev–Trinajstić information content (AvgIpc) is 0.796. The largest absolute Gasteiger partial charge is 0.469 e. The van der Waals surface area contributed by atoms with Crippen molar-refractivity contribution in [2.24, 2.45) is 4.40 Å². The normalized spacial score (nSPS) is 14.6. The lowest BCUT2D eigenvalue weighted by molar-refractivity contribution is -0.142. The molecule has 104 heavy (non-hydrogen) atoms. The third kappa shape index (κ3) is 32.2. The number of methoxy groups -OCH3 is 1. The molecule has 0 saturated heterocycles. The van der Waals surface area contributed by atoms with Gasteiger partial charge in [0.15, 0.2) is 12.5 Å². The van der Waals surface area contributed by atoms with Crippen molar-refractivity contribution in [3.63, 3.8) is 0 Å². The molecule has 4 N–H and O–H groups in total. The summed E-state index contributed by atoms with van der Waals surface area (Å²) in [5.41, 5.74) is -5.33. The van der Waals surface area contributed by atoms with E-state index < -0.39 is 160 Å². The predicted octanol–water partition coefficient (Wildman–Crippen LogP) is 19.7. The molecule has 7 atom stereocenters. The average molecular weight is 2050 g/mol. The van der Waals surface area contributed by atoms with Crippen LogP contribution in [-0.2, 0) is 74.9 Å². The van der Waals surface area contributed by atoms with Crippen LogP contribution in [0.1, 0.15) is 135 Å². The van der Waals surface area contributed by atoms with E-state index in [1.54, 1.807) is 95.2 Å². The van der Waals surface area contributed by atoms with E-state index in [4.69, 9.17) is 0 Å². The van der Waals surface area contributed by atoms with Crippen molar-refractivity contribution in [3.8, 4) is 0 Å². The summed E-state index contributed by atoms with van der Waals surface area (Å²) in [6.07, 6.45) is -0.403. The standard InChI is InChI=1S/C15H20BrF2NO3S.C14H20BrF2NO2S.C14H18BrF2NO2S.C12H14BrF2NOS.C8H5BrF2O.C6H3BrFI/c1-14(2,3)23(21)19-15(9-17,8-13(20)22-4)11-7-10(16)5-6-12(11)18;2*1-13(2,3)21(20)18-14(9-16,6-7-19)11-8-10(15)4-5-12(11)17;1-12(2,3)18(17)16-11(7-14)9-6-8(13)4-5-10(9)15;9-5-1-2-7(11)6(3-5)8(12)4-10;7-4-1-2-5(8)6(9)3-4/h5-7,19H,8-9H2,1-4H3;4-5,8,18-19H,6-7,9H2,1-3H3;4-5,7-8,18H,6,9H2,1-3H3;4-6H,7H2,1-3H3;1-3H,4H2;1-3H/t15-,23-;2*14-,21-;18-;;/m1111../s1. The van der Waals surface area contributed by atoms with Crippen LogP contribution in [0, 0.1) is 38.5 Å². The van der Waals surface area contributed by atoms with E-state index in [1.165, 1.54) is 84.9 Å². The number of carbonyl (C=O) groups is 3. The summed E-state index contributed by atoms with van der Waals surface area (Å²) >= 11 is 21.0. The number of aliphatic hydroxyl groups is 1. The summed E-state index contributed by atoms with van der Waals surface area (Å²) < 4.78 is 214. The molecular formula is C69H80Br6F11IN4O9S4. The first kappa shape index (κ1) is 99.1. The van der Waals surface area contributed by atoms with Crippen LogP contribution < -0.4 is 14.2 Å². The Bertz CT molecular complexity index is 3990. The van der Waals surface area contributed by atoms with Gasteiger partial charge in [0.1, 0.15) is 78.9 Å². The number of ketones is 1. The second-order valence-corrected chi connectivity index (χ2v) is 40.4. The minimum Gasteiger partial charge on any atom is -0.469 e. The fraction of sp³-hybridized carbons (Fsp3) is 0.420. The highest BCUT2D eigenvalue weighted by Crippen LogP contribution is 2.36. The lowest BCUT2D eigenvalue weighted by Crippen LogP contribution is -2.51. The predicted molar refractivity (Wildman–Crippen MR) is 423 cm³/mol. The molecule has 6 aromatic rings. The van der Waals surface area contributed by atoms with Gasteiger partial charge in [-0.15, -0.1) is 0 Å². The third-order valence-corrected chi connectivity index (χ3v) is 23.8. The van der Waals surface area contributed by atoms with Crippen LogP contribution >= 0.6 is 118 Å². The summed E-state index contributed by atoms with van der Waals surface area (Å²) in [4.78, 5) is 33.4. The number of alkyl halides is 5. The molecule has 0 aromatic heterocycles. The first-order chi connectivity index (χ1) is 48.0. The Morgan fingerprint density at radius 3 is 1.13 bits per heavy atom. The molecule has 6 rings (SSSR count). The Balaban J connectivity index is 0.000000637. The molecule has 0 spiro atoms. The van der Waals surface area contributed by atoms with Crippen LogP contribution in [0.4, 0.5) is 48.3 Å². The Morgan fingerprint density at radius 2 is 0.808 bits per heavy atom. The topological polar surface area (TPSA) is 197 Å². The molecule has 0 aliphatic rings. The van der Waals surface area contributed by atoms with E-state index in [2.05, 4.69) is 119 Å². The molecular weight excluding hydrogens is 1970 g/mol. The zero-order valence-electron chi connectivity index (χ0n) is 58.4. The van der Waals surface area contributed by atoms with Gasteiger partial charge in [-0.25, -0.2) is 79.3 Å². The van der Waals surface area contributed by atoms with Gasteiger partial charge in [0.25, 0.3) is 0 Å². The number of Topliss-reactive ketones (excluding diaryl/α,β-unsaturated/α-hetero) is 1. The number of benzene rings is 6. The fourth-order valence-corrected chi connectivity index (χ4v) is 14.2. The quantitative estimate of drug-likeness (QED) is 0.00917. The molecule has 0 unspecified atom stereocenters. The molecule has 0 radical (unpaired) electrons. The molecule has 580 valence electrons. The number of aliphatic hydroxyl groups excluding tert-OH is 1. The number of nitrogens with zero attached hydrogens (tertiary/aromatic N) is 1. The molecule has 0 amide bonds. The second-order valence-electron chi connectivity index (χ2n) is 26.0. The van der Waals surface area contributed by atoms with Crippen molar-refractivity contribution >= 4 is 186 Å². The van der Waals surface area contributed by atoms with Crippen molar-refractivity contribution in [1.82, 2.24) is 14.2 Å². The molecule has 0 aliphatic carbocycles. The molecule has 0 heterocycles. The number of rotatable bonds is 23. The van der Waals surface area contributed by atoms with Crippen LogP contribution in [0.5, 0.6) is 0 Å². The summed E-state index contributed by atoms with van der Waals surface area (Å²) in [6.45, 7) is 14.9. The SMILES string of the molecule is CC(C)(C)[S@@](=O)N=C(CF)c1cc(Br)ccc1F.CC(C)(C)[S@@](=O)N[C@@](CF)(CC=O)c1cc(Br)ccc1F.CC(C)(C)[S@@](=O)N[C@@](CF)(CCO)c1cc(Br)ccc1F.COC(=O)C[C@](CF)(N[S@](=O)C(C)(C)C)c1cc(Br)ccc1F.Fc1ccc(Br)cc1I.O=C(CF)c1cc(Br)ccc1F. The summed E-state index contributed by atoms with van der Waals surface area (Å²) in [7, 11) is -5.44. The van der Waals surface area contributed by atoms with Crippen molar-refractivity contribution in [2.45, 2.75) is 138 Å². The molecule has 0 fully saturated rings. The minimum atomic E-state index is -1.78. The molecule has 0 aliphatic heterocycles. The number of carbonyl (C=O) groups excluding carboxylic acids is 3. The summed E-state index contributed by atoms with van der Waals surface area (Å²) in [5.74, 6) is -4.98. The van der Waals surface area contributed by atoms with Crippen LogP contribution in [0.2, 0.25) is 0 Å². The molecule has 0 bridgehead atoms. The lowest BCUT2D eigenvalue weighted by Gasteiger charge is -2.34. The molecule has 0 saturated carbocycles. The highest BCUT2D eigenvalue weighted by atomic mass is 127. The van der Waals surface area contributed by atoms with Gasteiger partial charge >= 0.3 is 5.97 Å². The third-order valence-electron chi connectivity index (χ3n) is 13.5. The van der Waals surface area contributed by atoms with Gasteiger partial charge in [-0.05, 0) is 221 Å². The lowest BCUT2D eigenvalue weighted by atomic mass is 9.88. The maximum Gasteiger partial charge on any atom is 0.307 e. The number of esters is 1. The van der Waals surface area contributed by atoms with E-state index in [0.717, 1.165) is 23.7 Å². The molecule has 6 aromatic carbocycles. The highest BCUT2D eigenvalue weighted by Gasteiger charge is 2.43. The van der Waals surface area contributed by atoms with Crippen molar-refractivity contribution < 1.29 is 89.4 Å². The maximum absolute atomic E-state index is 14.3. The fourth-order valence-electron chi connectivity index (χ4n) is 7.69. The van der Waals surface area contributed by atoms with Gasteiger partial charge in [0, 0.05) is 65.7 Å². The smallest absolute Gasteiger partial charge is 0.307 e. The number of ether oxygens (including phenoxy) is 1. The van der Waals surface area contributed by atoms with Gasteiger partial charge in [-0.2, -0.15) is 4.40 Å². The summed E-state index contributed by atoms with van der Waals surface area (Å²) in [5, 5.41) is 9.23. The zero-order chi connectivity index (χ0) is 80.3. The molecule has 35 heteroatoms. The van der Waals surface area contributed by atoms with Crippen molar-refractivity contribution in [3.05, 3.63) is 202 Å². The van der Waals surface area contributed by atoms with Gasteiger partial charge < -0.3 is 14.6 Å². The van der Waals surface area contributed by atoms with E-state index in [0.29, 0.717) is 32.2 Å². The summed E-state index contributed by atoms with van der Waals surface area (Å²) in [6, 6.07) is 25.0. The van der Waals surface area contributed by atoms with E-state index in [-0.39, 0.29) is 58.8 Å². The Kier molecular flexibility index (Phi) is 43.3. The number of hydrogen-bond donors (Lipinski definition) is 4. The van der Waals surface area contributed by atoms with Crippen molar-refractivity contribution in [1.29, 1.82) is 0 Å². The first-order valence-electron chi connectivity index (χ1n) is 30.4. The van der Waals surface area contributed by atoms with Gasteiger partial charge in [-0.3, -0.25) is 9.59 Å². The van der Waals surface area contributed by atoms with Gasteiger partial charge in [-0.1, -0.05) is 95.6 Å². The van der Waals surface area contributed by atoms with Gasteiger partial charge in [0.05, 0.1) is 93.4 Å². The highest BCUT2D eigenvalue weighted by molar-refractivity contribution is 14.1. The number of halogens is 18. The van der Waals surface area contributed by atoms with E-state index in [9.17, 15) is 84.6 Å². The Hall–Kier alpha value is -2.92. The van der Waals surface area contributed by atoms with Crippen LogP contribution in [0.15, 0.2) is 140 Å². The van der Waals surface area contributed by atoms with Crippen molar-refractivity contribution in [2.75, 3.05) is 47.1 Å². The second kappa shape index (κ2) is 45.4. The molecule has 13 nitrogen and oxygen atoms in total. The number of aldehydes is 1. The van der Waals surface area contributed by atoms with Gasteiger partial charge in [0.2, 0.25) is 0 Å². The van der Waals surface area contributed by atoms with E-state index >= 15 is 0 Å². The van der Waals surface area contributed by atoms with Crippen LogP contribution in [0.3, 0.4) is 0 Å². The van der Waals surface area contributed by atoms with Crippen LogP contribution in [0.25, 0.3) is 0 Å². The van der Waals surface area contributed by atoms with E-state index in [1.807, 2.05) is 22.6 Å². The maximum atomic E-state index is 14.3. The zero-order valence-corrected chi connectivity index (χ0v) is 73.4. The first-order valence-corrected chi connectivity index (χ1v) is 40.8. The minimum absolute atomic E-state index is 0.0240.